The van der Waals surface area contributed by atoms with Crippen molar-refractivity contribution in [2.24, 2.45) is 0 Å². The molecule has 6 heteroatoms. The summed E-state index contributed by atoms with van der Waals surface area (Å²) in [6.45, 7) is 3.38. The fourth-order valence-corrected chi connectivity index (χ4v) is 3.68. The van der Waals surface area contributed by atoms with Gasteiger partial charge in [0.05, 0.1) is 5.75 Å². The van der Waals surface area contributed by atoms with Crippen molar-refractivity contribution in [3.63, 3.8) is 0 Å². The number of rotatable bonds is 6. The molecule has 0 bridgehead atoms. The SMILES string of the molecule is CCS(=O)(=O)CC(C)N(C)C(=O)NC1CC1c1ccccc1. The fraction of sp³-hybridized carbons (Fsp3) is 0.562. The molecule has 2 amide bonds. The summed E-state index contributed by atoms with van der Waals surface area (Å²) in [6, 6.07) is 9.71. The maximum absolute atomic E-state index is 12.2. The lowest BCUT2D eigenvalue weighted by molar-refractivity contribution is 0.197. The molecule has 1 N–H and O–H groups in total. The summed E-state index contributed by atoms with van der Waals surface area (Å²) in [7, 11) is -1.44. The number of hydrogen-bond donors (Lipinski definition) is 1. The molecule has 2 rings (SSSR count). The Morgan fingerprint density at radius 2 is 2.00 bits per heavy atom. The van der Waals surface area contributed by atoms with Crippen LogP contribution in [0.3, 0.4) is 0 Å². The summed E-state index contributed by atoms with van der Waals surface area (Å²) in [5.74, 6) is 0.472. The molecule has 1 aromatic rings. The third-order valence-corrected chi connectivity index (χ3v) is 6.11. The Balaban J connectivity index is 1.85. The zero-order valence-electron chi connectivity index (χ0n) is 13.3. The first-order valence-corrected chi connectivity index (χ1v) is 9.45. The van der Waals surface area contributed by atoms with Gasteiger partial charge >= 0.3 is 6.03 Å². The highest BCUT2D eigenvalue weighted by atomic mass is 32.2. The molecule has 1 saturated carbocycles. The number of amides is 2. The first-order chi connectivity index (χ1) is 10.3. The Morgan fingerprint density at radius 3 is 2.59 bits per heavy atom. The number of carbonyl (C=O) groups excluding carboxylic acids is 1. The first-order valence-electron chi connectivity index (χ1n) is 7.62. The zero-order chi connectivity index (χ0) is 16.3. The lowest BCUT2D eigenvalue weighted by Crippen LogP contribution is -2.46. The molecule has 3 atom stereocenters. The minimum Gasteiger partial charge on any atom is -0.335 e. The lowest BCUT2D eigenvalue weighted by Gasteiger charge is -2.25. The van der Waals surface area contributed by atoms with Crippen LogP contribution in [0.1, 0.15) is 31.7 Å². The van der Waals surface area contributed by atoms with E-state index >= 15 is 0 Å². The molecule has 1 aromatic carbocycles. The third kappa shape index (κ3) is 4.22. The quantitative estimate of drug-likeness (QED) is 0.870. The summed E-state index contributed by atoms with van der Waals surface area (Å²) in [5.41, 5.74) is 1.23. The van der Waals surface area contributed by atoms with Crippen molar-refractivity contribution >= 4 is 15.9 Å². The van der Waals surface area contributed by atoms with E-state index in [2.05, 4.69) is 17.4 Å². The minimum atomic E-state index is -3.09. The van der Waals surface area contributed by atoms with Crippen LogP contribution in [0.4, 0.5) is 4.79 Å². The highest BCUT2D eigenvalue weighted by Gasteiger charge is 2.40. The Kier molecular flexibility index (Phi) is 5.11. The van der Waals surface area contributed by atoms with Crippen LogP contribution in [0.5, 0.6) is 0 Å². The highest BCUT2D eigenvalue weighted by molar-refractivity contribution is 7.91. The van der Waals surface area contributed by atoms with Gasteiger partial charge in [-0.15, -0.1) is 0 Å². The number of sulfone groups is 1. The molecule has 0 radical (unpaired) electrons. The van der Waals surface area contributed by atoms with Gasteiger partial charge in [-0.05, 0) is 18.9 Å². The van der Waals surface area contributed by atoms with Crippen LogP contribution in [-0.4, -0.2) is 50.0 Å². The van der Waals surface area contributed by atoms with Crippen molar-refractivity contribution in [2.45, 2.75) is 38.3 Å². The number of nitrogens with one attached hydrogen (secondary N) is 1. The van der Waals surface area contributed by atoms with Gasteiger partial charge in [-0.1, -0.05) is 37.3 Å². The van der Waals surface area contributed by atoms with E-state index in [9.17, 15) is 13.2 Å². The van der Waals surface area contributed by atoms with Gasteiger partial charge in [0.2, 0.25) is 0 Å². The molecular formula is C16H24N2O3S. The van der Waals surface area contributed by atoms with Crippen molar-refractivity contribution < 1.29 is 13.2 Å². The fourth-order valence-electron chi connectivity index (χ4n) is 2.48. The standard InChI is InChI=1S/C16H24N2O3S/c1-4-22(20,21)11-12(2)18(3)16(19)17-15-10-14(15)13-8-6-5-7-9-13/h5-9,12,14-15H,4,10-11H2,1-3H3,(H,17,19). The maximum Gasteiger partial charge on any atom is 0.317 e. The monoisotopic (exact) mass is 324 g/mol. The topological polar surface area (TPSA) is 66.5 Å². The summed E-state index contributed by atoms with van der Waals surface area (Å²) >= 11 is 0. The van der Waals surface area contributed by atoms with Crippen molar-refractivity contribution in [1.82, 2.24) is 10.2 Å². The van der Waals surface area contributed by atoms with E-state index in [4.69, 9.17) is 0 Å². The van der Waals surface area contributed by atoms with Gasteiger partial charge in [-0.3, -0.25) is 0 Å². The average Bonchev–Trinajstić information content (AvgIpc) is 3.26. The van der Waals surface area contributed by atoms with Gasteiger partial charge in [0.1, 0.15) is 0 Å². The van der Waals surface area contributed by atoms with E-state index in [0.29, 0.717) is 5.92 Å². The molecular weight excluding hydrogens is 300 g/mol. The van der Waals surface area contributed by atoms with Crippen molar-refractivity contribution in [1.29, 1.82) is 0 Å². The van der Waals surface area contributed by atoms with Crippen LogP contribution in [0.15, 0.2) is 30.3 Å². The predicted molar refractivity (Wildman–Crippen MR) is 87.7 cm³/mol. The second kappa shape index (κ2) is 6.69. The van der Waals surface area contributed by atoms with Crippen molar-refractivity contribution in [3.8, 4) is 0 Å². The lowest BCUT2D eigenvalue weighted by atomic mass is 10.1. The van der Waals surface area contributed by atoms with Gasteiger partial charge in [0, 0.05) is 30.8 Å². The second-order valence-corrected chi connectivity index (χ2v) is 8.37. The number of nitrogens with zero attached hydrogens (tertiary/aromatic N) is 1. The van der Waals surface area contributed by atoms with Gasteiger partial charge < -0.3 is 10.2 Å². The number of carbonyl (C=O) groups is 1. The summed E-state index contributed by atoms with van der Waals surface area (Å²) < 4.78 is 23.3. The van der Waals surface area contributed by atoms with Crippen LogP contribution >= 0.6 is 0 Å². The van der Waals surface area contributed by atoms with E-state index < -0.39 is 9.84 Å². The predicted octanol–water partition coefficient (Wildman–Crippen LogP) is 2.01. The smallest absolute Gasteiger partial charge is 0.317 e. The Bertz CT molecular complexity index is 616. The Labute approximate surface area is 132 Å². The highest BCUT2D eigenvalue weighted by Crippen LogP contribution is 2.40. The molecule has 0 saturated heterocycles. The number of hydrogen-bond acceptors (Lipinski definition) is 3. The Hall–Kier alpha value is -1.56. The summed E-state index contributed by atoms with van der Waals surface area (Å²) in [5, 5.41) is 2.98. The molecule has 3 unspecified atom stereocenters. The van der Waals surface area contributed by atoms with E-state index in [1.807, 2.05) is 18.2 Å². The third-order valence-electron chi connectivity index (χ3n) is 4.24. The second-order valence-electron chi connectivity index (χ2n) is 5.97. The largest absolute Gasteiger partial charge is 0.335 e. The maximum atomic E-state index is 12.2. The first kappa shape index (κ1) is 16.8. The molecule has 1 aliphatic carbocycles. The van der Waals surface area contributed by atoms with E-state index in [1.165, 1.54) is 10.5 Å². The minimum absolute atomic E-state index is 0.000199. The van der Waals surface area contributed by atoms with Crippen LogP contribution in [0.2, 0.25) is 0 Å². The van der Waals surface area contributed by atoms with Crippen LogP contribution in [0.25, 0.3) is 0 Å². The Morgan fingerprint density at radius 1 is 1.36 bits per heavy atom. The van der Waals surface area contributed by atoms with Crippen molar-refractivity contribution in [3.05, 3.63) is 35.9 Å². The van der Waals surface area contributed by atoms with E-state index in [0.717, 1.165) is 6.42 Å². The average molecular weight is 324 g/mol. The molecule has 1 fully saturated rings. The number of benzene rings is 1. The zero-order valence-corrected chi connectivity index (χ0v) is 14.1. The van der Waals surface area contributed by atoms with Crippen LogP contribution in [0, 0.1) is 0 Å². The summed E-state index contributed by atoms with van der Waals surface area (Å²) in [4.78, 5) is 13.7. The molecule has 0 aromatic heterocycles. The normalized spacial score (nSPS) is 22.0. The molecule has 122 valence electrons. The summed E-state index contributed by atoms with van der Waals surface area (Å²) in [6.07, 6.45) is 0.936. The molecule has 22 heavy (non-hydrogen) atoms. The molecule has 1 aliphatic rings. The molecule has 0 spiro atoms. The molecule has 0 aliphatic heterocycles. The molecule has 5 nitrogen and oxygen atoms in total. The van der Waals surface area contributed by atoms with E-state index in [1.54, 1.807) is 20.9 Å². The van der Waals surface area contributed by atoms with Gasteiger partial charge in [0.25, 0.3) is 0 Å². The van der Waals surface area contributed by atoms with Crippen LogP contribution < -0.4 is 5.32 Å². The number of urea groups is 1. The van der Waals surface area contributed by atoms with Gasteiger partial charge in [0.15, 0.2) is 9.84 Å². The van der Waals surface area contributed by atoms with Crippen molar-refractivity contribution in [2.75, 3.05) is 18.6 Å². The van der Waals surface area contributed by atoms with E-state index in [-0.39, 0.29) is 29.6 Å². The van der Waals surface area contributed by atoms with Gasteiger partial charge in [-0.2, -0.15) is 0 Å². The van der Waals surface area contributed by atoms with Crippen LogP contribution in [-0.2, 0) is 9.84 Å². The molecule has 0 heterocycles. The van der Waals surface area contributed by atoms with Gasteiger partial charge in [-0.25, -0.2) is 13.2 Å².